The number of esters is 1. The lowest BCUT2D eigenvalue weighted by atomic mass is 9.85. The van der Waals surface area contributed by atoms with E-state index >= 15 is 0 Å². The Balaban J connectivity index is 2.89. The van der Waals surface area contributed by atoms with Crippen molar-refractivity contribution in [1.82, 2.24) is 0 Å². The molecule has 0 saturated heterocycles. The van der Waals surface area contributed by atoms with Crippen LogP contribution in [0.15, 0.2) is 24.3 Å². The number of hydrogen-bond acceptors (Lipinski definition) is 4. The summed E-state index contributed by atoms with van der Waals surface area (Å²) in [6.07, 6.45) is 1.94. The summed E-state index contributed by atoms with van der Waals surface area (Å²) in [4.78, 5) is 11.8. The summed E-state index contributed by atoms with van der Waals surface area (Å²) in [5, 5.41) is 10.9. The molecule has 0 bridgehead atoms. The van der Waals surface area contributed by atoms with E-state index in [4.69, 9.17) is 21.1 Å². The third kappa shape index (κ3) is 5.56. The largest absolute Gasteiger partial charge is 0.497 e. The van der Waals surface area contributed by atoms with Gasteiger partial charge in [0.25, 0.3) is 0 Å². The Hall–Kier alpha value is -1.26. The number of aliphatic hydroxyl groups is 1. The van der Waals surface area contributed by atoms with Gasteiger partial charge in [-0.25, -0.2) is 0 Å². The first-order valence-electron chi connectivity index (χ1n) is 7.14. The minimum atomic E-state index is -1.23. The second-order valence-corrected chi connectivity index (χ2v) is 5.27. The van der Waals surface area contributed by atoms with E-state index < -0.39 is 11.6 Å². The quantitative estimate of drug-likeness (QED) is 0.432. The molecule has 1 aromatic rings. The van der Waals surface area contributed by atoms with E-state index in [2.05, 4.69) is 0 Å². The predicted octanol–water partition coefficient (Wildman–Crippen LogP) is 3.25. The molecule has 118 valence electrons. The van der Waals surface area contributed by atoms with E-state index in [0.717, 1.165) is 12.8 Å². The maximum absolute atomic E-state index is 11.8. The highest BCUT2D eigenvalue weighted by atomic mass is 35.5. The summed E-state index contributed by atoms with van der Waals surface area (Å²) < 4.78 is 10.1. The highest BCUT2D eigenvalue weighted by Gasteiger charge is 2.32. The summed E-state index contributed by atoms with van der Waals surface area (Å²) >= 11 is 5.68. The molecule has 21 heavy (non-hydrogen) atoms. The number of halogens is 1. The van der Waals surface area contributed by atoms with Gasteiger partial charge in [0, 0.05) is 5.88 Å². The molecule has 0 aromatic heterocycles. The molecule has 0 radical (unpaired) electrons. The van der Waals surface area contributed by atoms with Crippen molar-refractivity contribution < 1.29 is 19.4 Å². The van der Waals surface area contributed by atoms with Crippen molar-refractivity contribution in [3.8, 4) is 5.75 Å². The van der Waals surface area contributed by atoms with Crippen LogP contribution in [-0.2, 0) is 15.1 Å². The standard InChI is InChI=1S/C16H23ClO4/c1-3-21-15(18)12-16(19,10-4-5-11-17)13-6-8-14(20-2)9-7-13/h6-9,19H,3-5,10-12H2,1-2H3. The third-order valence-corrected chi connectivity index (χ3v) is 3.61. The minimum Gasteiger partial charge on any atom is -0.497 e. The van der Waals surface area contributed by atoms with Gasteiger partial charge >= 0.3 is 5.97 Å². The Morgan fingerprint density at radius 3 is 2.48 bits per heavy atom. The van der Waals surface area contributed by atoms with Gasteiger partial charge in [-0.3, -0.25) is 4.79 Å². The molecule has 0 saturated carbocycles. The van der Waals surface area contributed by atoms with Gasteiger partial charge in [0.15, 0.2) is 0 Å². The highest BCUT2D eigenvalue weighted by molar-refractivity contribution is 6.17. The normalized spacial score (nSPS) is 13.5. The molecule has 1 rings (SSSR count). The number of benzene rings is 1. The monoisotopic (exact) mass is 314 g/mol. The zero-order chi connectivity index (χ0) is 15.7. The van der Waals surface area contributed by atoms with Crippen LogP contribution in [0.25, 0.3) is 0 Å². The molecule has 0 fully saturated rings. The lowest BCUT2D eigenvalue weighted by Crippen LogP contribution is -2.30. The van der Waals surface area contributed by atoms with Crippen LogP contribution < -0.4 is 4.74 Å². The minimum absolute atomic E-state index is 0.0601. The smallest absolute Gasteiger partial charge is 0.309 e. The fourth-order valence-electron chi connectivity index (χ4n) is 2.20. The number of unbranched alkanes of at least 4 members (excludes halogenated alkanes) is 1. The summed E-state index contributed by atoms with van der Waals surface area (Å²) in [7, 11) is 1.58. The average Bonchev–Trinajstić information content (AvgIpc) is 2.48. The van der Waals surface area contributed by atoms with Gasteiger partial charge in [-0.2, -0.15) is 0 Å². The zero-order valence-corrected chi connectivity index (χ0v) is 13.4. The van der Waals surface area contributed by atoms with Crippen molar-refractivity contribution in [2.45, 2.75) is 38.2 Å². The Bertz CT molecular complexity index is 432. The Kier molecular flexibility index (Phi) is 7.54. The van der Waals surface area contributed by atoms with Crippen LogP contribution in [-0.4, -0.2) is 30.7 Å². The molecule has 0 aliphatic rings. The maximum atomic E-state index is 11.8. The maximum Gasteiger partial charge on any atom is 0.309 e. The highest BCUT2D eigenvalue weighted by Crippen LogP contribution is 2.32. The average molecular weight is 315 g/mol. The van der Waals surface area contributed by atoms with Gasteiger partial charge in [-0.05, 0) is 43.9 Å². The Morgan fingerprint density at radius 1 is 1.29 bits per heavy atom. The van der Waals surface area contributed by atoms with Gasteiger partial charge in [0.05, 0.1) is 20.1 Å². The fraction of sp³-hybridized carbons (Fsp3) is 0.562. The molecule has 1 atom stereocenters. The number of alkyl halides is 1. The Labute approximate surface area is 131 Å². The van der Waals surface area contributed by atoms with E-state index in [-0.39, 0.29) is 6.42 Å². The van der Waals surface area contributed by atoms with Crippen LogP contribution in [0, 0.1) is 0 Å². The van der Waals surface area contributed by atoms with Crippen LogP contribution in [0.3, 0.4) is 0 Å². The SMILES string of the molecule is CCOC(=O)CC(O)(CCCCCl)c1ccc(OC)cc1. The van der Waals surface area contributed by atoms with Crippen molar-refractivity contribution in [2.24, 2.45) is 0 Å². The number of carbonyl (C=O) groups excluding carboxylic acids is 1. The molecule has 0 aliphatic heterocycles. The van der Waals surface area contributed by atoms with E-state index in [1.807, 2.05) is 0 Å². The van der Waals surface area contributed by atoms with Crippen LogP contribution in [0.4, 0.5) is 0 Å². The molecule has 4 nitrogen and oxygen atoms in total. The van der Waals surface area contributed by atoms with Crippen LogP contribution in [0.1, 0.15) is 38.2 Å². The first kappa shape index (κ1) is 17.8. The molecule has 0 spiro atoms. The molecule has 0 aliphatic carbocycles. The van der Waals surface area contributed by atoms with Crippen LogP contribution in [0.5, 0.6) is 5.75 Å². The zero-order valence-electron chi connectivity index (χ0n) is 12.6. The topological polar surface area (TPSA) is 55.8 Å². The molecule has 1 N–H and O–H groups in total. The van der Waals surface area contributed by atoms with E-state index in [1.54, 1.807) is 38.3 Å². The first-order valence-corrected chi connectivity index (χ1v) is 7.67. The first-order chi connectivity index (χ1) is 10.1. The number of rotatable bonds is 9. The van der Waals surface area contributed by atoms with Crippen molar-refractivity contribution in [3.05, 3.63) is 29.8 Å². The second kappa shape index (κ2) is 8.90. The summed E-state index contributed by atoms with van der Waals surface area (Å²) in [6.45, 7) is 2.05. The van der Waals surface area contributed by atoms with Crippen LogP contribution >= 0.6 is 11.6 Å². The lowest BCUT2D eigenvalue weighted by molar-refractivity contribution is -0.149. The van der Waals surface area contributed by atoms with Gasteiger partial charge in [-0.15, -0.1) is 11.6 Å². The summed E-state index contributed by atoms with van der Waals surface area (Å²) in [5.74, 6) is 0.845. The van der Waals surface area contributed by atoms with Crippen molar-refractivity contribution >= 4 is 17.6 Å². The molecular weight excluding hydrogens is 292 g/mol. The third-order valence-electron chi connectivity index (χ3n) is 3.34. The molecule has 1 unspecified atom stereocenters. The van der Waals surface area contributed by atoms with Crippen molar-refractivity contribution in [3.63, 3.8) is 0 Å². The molecular formula is C16H23ClO4. The van der Waals surface area contributed by atoms with Gasteiger partial charge in [-0.1, -0.05) is 12.1 Å². The Morgan fingerprint density at radius 2 is 1.95 bits per heavy atom. The van der Waals surface area contributed by atoms with Gasteiger partial charge in [0.1, 0.15) is 11.4 Å². The number of carbonyl (C=O) groups is 1. The second-order valence-electron chi connectivity index (χ2n) is 4.89. The van der Waals surface area contributed by atoms with E-state index in [9.17, 15) is 9.90 Å². The summed E-state index contributed by atoms with van der Waals surface area (Å²) in [5.41, 5.74) is -0.546. The van der Waals surface area contributed by atoms with Gasteiger partial charge < -0.3 is 14.6 Å². The van der Waals surface area contributed by atoms with E-state index in [1.165, 1.54) is 0 Å². The molecule has 0 amide bonds. The molecule has 0 heterocycles. The van der Waals surface area contributed by atoms with Gasteiger partial charge in [0.2, 0.25) is 0 Å². The van der Waals surface area contributed by atoms with E-state index in [0.29, 0.717) is 30.2 Å². The molecule has 1 aromatic carbocycles. The van der Waals surface area contributed by atoms with Crippen molar-refractivity contribution in [1.29, 1.82) is 0 Å². The fourth-order valence-corrected chi connectivity index (χ4v) is 2.39. The number of hydrogen-bond donors (Lipinski definition) is 1. The molecule has 5 heteroatoms. The van der Waals surface area contributed by atoms with Crippen molar-refractivity contribution in [2.75, 3.05) is 19.6 Å². The summed E-state index contributed by atoms with van der Waals surface area (Å²) in [6, 6.07) is 7.09. The number of ether oxygens (including phenoxy) is 2. The predicted molar refractivity (Wildman–Crippen MR) is 82.7 cm³/mol. The van der Waals surface area contributed by atoms with Crippen LogP contribution in [0.2, 0.25) is 0 Å². The number of methoxy groups -OCH3 is 1. The lowest BCUT2D eigenvalue weighted by Gasteiger charge is -2.28.